The minimum atomic E-state index is -1.07. The molecule has 0 radical (unpaired) electrons. The molecule has 37 heavy (non-hydrogen) atoms. The van der Waals surface area contributed by atoms with Crippen molar-refractivity contribution in [1.29, 1.82) is 0 Å². The van der Waals surface area contributed by atoms with Crippen LogP contribution in [0.25, 0.3) is 0 Å². The van der Waals surface area contributed by atoms with E-state index in [-0.39, 0.29) is 19.0 Å². The molecule has 1 aliphatic heterocycles. The lowest BCUT2D eigenvalue weighted by Gasteiger charge is -2.41. The van der Waals surface area contributed by atoms with Crippen molar-refractivity contribution in [3.63, 3.8) is 0 Å². The molecule has 8 heteroatoms. The van der Waals surface area contributed by atoms with Gasteiger partial charge in [-0.05, 0) is 56.5 Å². The lowest BCUT2D eigenvalue weighted by Crippen LogP contribution is -2.48. The number of rotatable bonds is 7. The van der Waals surface area contributed by atoms with Crippen molar-refractivity contribution in [2.24, 2.45) is 16.8 Å². The molecule has 1 saturated carbocycles. The minimum absolute atomic E-state index is 0.148. The van der Waals surface area contributed by atoms with Gasteiger partial charge in [-0.25, -0.2) is 4.79 Å². The van der Waals surface area contributed by atoms with Crippen LogP contribution in [-0.4, -0.2) is 43.8 Å². The van der Waals surface area contributed by atoms with E-state index in [1.54, 1.807) is 27.9 Å². The van der Waals surface area contributed by atoms with Crippen LogP contribution in [0.2, 0.25) is 0 Å². The summed E-state index contributed by atoms with van der Waals surface area (Å²) < 4.78 is 17.2. The molecule has 7 nitrogen and oxygen atoms in total. The molecule has 1 aliphatic carbocycles. The van der Waals surface area contributed by atoms with Gasteiger partial charge in [0.1, 0.15) is 11.7 Å². The van der Waals surface area contributed by atoms with E-state index in [2.05, 4.69) is 15.9 Å². The fraction of sp³-hybridized carbons (Fsp3) is 0.379. The Hall–Kier alpha value is -3.26. The Morgan fingerprint density at radius 3 is 2.43 bits per heavy atom. The van der Waals surface area contributed by atoms with Gasteiger partial charge in [0, 0.05) is 27.7 Å². The molecule has 0 aromatic heterocycles. The van der Waals surface area contributed by atoms with Crippen LogP contribution in [0.15, 0.2) is 69.3 Å². The first-order valence-corrected chi connectivity index (χ1v) is 13.2. The molecule has 0 N–H and O–H groups in total. The van der Waals surface area contributed by atoms with E-state index in [9.17, 15) is 14.4 Å². The zero-order chi connectivity index (χ0) is 26.7. The average Bonchev–Trinajstić information content (AvgIpc) is 2.87. The second kappa shape index (κ2) is 11.4. The van der Waals surface area contributed by atoms with Crippen molar-refractivity contribution in [2.45, 2.75) is 39.0 Å². The molecule has 2 aromatic carbocycles. The second-order valence-electron chi connectivity index (χ2n) is 9.02. The average molecular weight is 568 g/mol. The summed E-state index contributed by atoms with van der Waals surface area (Å²) in [5.41, 5.74) is 2.99. The van der Waals surface area contributed by atoms with Gasteiger partial charge in [0.2, 0.25) is 0 Å². The summed E-state index contributed by atoms with van der Waals surface area (Å²) in [7, 11) is 1.56. The maximum atomic E-state index is 14.4. The van der Waals surface area contributed by atoms with Gasteiger partial charge in [0.25, 0.3) is 0 Å². The third-order valence-corrected chi connectivity index (χ3v) is 7.42. The number of esters is 2. The van der Waals surface area contributed by atoms with Crippen LogP contribution in [0.4, 0.5) is 0 Å². The van der Waals surface area contributed by atoms with Gasteiger partial charge in [-0.15, -0.1) is 0 Å². The summed E-state index contributed by atoms with van der Waals surface area (Å²) in [5, 5.41) is 0. The van der Waals surface area contributed by atoms with E-state index >= 15 is 0 Å². The van der Waals surface area contributed by atoms with E-state index < -0.39 is 35.6 Å². The SMILES string of the molecule is CCOC(=O)C1=C(C)N=C2C[C@@H](c3ccccc3OC)[C@H](C(=O)OCC)C(=O)C2[C@@H]1c1cccc(Br)c1. The van der Waals surface area contributed by atoms with Crippen LogP contribution in [0.5, 0.6) is 5.75 Å². The van der Waals surface area contributed by atoms with Crippen LogP contribution < -0.4 is 4.74 Å². The van der Waals surface area contributed by atoms with Crippen molar-refractivity contribution >= 4 is 39.4 Å². The zero-order valence-electron chi connectivity index (χ0n) is 21.3. The predicted octanol–water partition coefficient (Wildman–Crippen LogP) is 5.39. The summed E-state index contributed by atoms with van der Waals surface area (Å²) in [6.45, 7) is 5.55. The molecule has 4 atom stereocenters. The Morgan fingerprint density at radius 1 is 1.03 bits per heavy atom. The lowest BCUT2D eigenvalue weighted by atomic mass is 9.62. The number of hydrogen-bond acceptors (Lipinski definition) is 7. The quantitative estimate of drug-likeness (QED) is 0.329. The van der Waals surface area contributed by atoms with Crippen molar-refractivity contribution in [1.82, 2.24) is 0 Å². The Morgan fingerprint density at radius 2 is 1.76 bits per heavy atom. The Kier molecular flexibility index (Phi) is 8.27. The van der Waals surface area contributed by atoms with Gasteiger partial charge in [0.05, 0.1) is 31.8 Å². The fourth-order valence-corrected chi connectivity index (χ4v) is 5.90. The molecule has 4 rings (SSSR count). The Bertz CT molecular complexity index is 1280. The van der Waals surface area contributed by atoms with Gasteiger partial charge in [-0.2, -0.15) is 0 Å². The highest BCUT2D eigenvalue weighted by Gasteiger charge is 2.53. The molecule has 194 valence electrons. The monoisotopic (exact) mass is 567 g/mol. The fourth-order valence-electron chi connectivity index (χ4n) is 5.48. The molecule has 2 aromatic rings. The van der Waals surface area contributed by atoms with Crippen LogP contribution in [-0.2, 0) is 23.9 Å². The maximum Gasteiger partial charge on any atom is 0.336 e. The number of methoxy groups -OCH3 is 1. The minimum Gasteiger partial charge on any atom is -0.496 e. The number of carbonyl (C=O) groups excluding carboxylic acids is 3. The highest BCUT2D eigenvalue weighted by Crippen LogP contribution is 2.49. The molecule has 2 aliphatic rings. The largest absolute Gasteiger partial charge is 0.496 e. The van der Waals surface area contributed by atoms with Crippen molar-refractivity contribution in [2.75, 3.05) is 20.3 Å². The number of aliphatic imine (C=N–C) groups is 1. The summed E-state index contributed by atoms with van der Waals surface area (Å²) in [6, 6.07) is 14.9. The first-order chi connectivity index (χ1) is 17.8. The number of carbonyl (C=O) groups is 3. The van der Waals surface area contributed by atoms with Gasteiger partial charge in [0.15, 0.2) is 5.78 Å². The van der Waals surface area contributed by atoms with Crippen LogP contribution in [0, 0.1) is 11.8 Å². The van der Waals surface area contributed by atoms with Crippen LogP contribution >= 0.6 is 15.9 Å². The maximum absolute atomic E-state index is 14.4. The Balaban J connectivity index is 1.92. The number of ketones is 1. The summed E-state index contributed by atoms with van der Waals surface area (Å²) in [4.78, 5) is 45.6. The lowest BCUT2D eigenvalue weighted by molar-refractivity contribution is -0.153. The molecular weight excluding hydrogens is 538 g/mol. The number of benzene rings is 2. The van der Waals surface area contributed by atoms with E-state index in [1.165, 1.54) is 0 Å². The molecule has 1 unspecified atom stereocenters. The summed E-state index contributed by atoms with van der Waals surface area (Å²) >= 11 is 3.51. The van der Waals surface area contributed by atoms with Crippen LogP contribution in [0.3, 0.4) is 0 Å². The number of nitrogens with zero attached hydrogens (tertiary/aromatic N) is 1. The van der Waals surface area contributed by atoms with E-state index in [1.807, 2.05) is 48.5 Å². The van der Waals surface area contributed by atoms with E-state index in [0.29, 0.717) is 29.2 Å². The van der Waals surface area contributed by atoms with Gasteiger partial charge in [-0.3, -0.25) is 14.6 Å². The normalized spacial score (nSPS) is 23.2. The highest BCUT2D eigenvalue weighted by atomic mass is 79.9. The third kappa shape index (κ3) is 5.12. The van der Waals surface area contributed by atoms with Gasteiger partial charge < -0.3 is 14.2 Å². The number of hydrogen-bond donors (Lipinski definition) is 0. The second-order valence-corrected chi connectivity index (χ2v) is 9.93. The predicted molar refractivity (Wildman–Crippen MR) is 143 cm³/mol. The molecule has 1 fully saturated rings. The molecule has 0 spiro atoms. The number of allylic oxidation sites excluding steroid dienone is 1. The van der Waals surface area contributed by atoms with E-state index in [4.69, 9.17) is 19.2 Å². The number of halogens is 1. The highest BCUT2D eigenvalue weighted by molar-refractivity contribution is 9.10. The van der Waals surface area contributed by atoms with Gasteiger partial charge in [-0.1, -0.05) is 46.3 Å². The van der Waals surface area contributed by atoms with Gasteiger partial charge >= 0.3 is 11.9 Å². The smallest absolute Gasteiger partial charge is 0.336 e. The molecule has 0 saturated heterocycles. The zero-order valence-corrected chi connectivity index (χ0v) is 22.9. The molecular formula is C29H30BrNO6. The standard InChI is InChI=1S/C29H30BrNO6/c1-5-36-28(33)23-16(3)31-21-15-20(19-12-7-8-13-22(19)35-4)25(29(34)37-6-2)27(32)26(21)24(23)17-10-9-11-18(30)14-17/h7-14,20,24-26H,5-6,15H2,1-4H3/t20-,24+,25-,26?/m0/s1. The summed E-state index contributed by atoms with van der Waals surface area (Å²) in [6.07, 6.45) is 0.345. The first kappa shape index (κ1) is 26.8. The van der Waals surface area contributed by atoms with E-state index in [0.717, 1.165) is 15.6 Å². The molecule has 0 amide bonds. The number of Topliss-reactive ketones (excluding diaryl/α,β-unsaturated/α-hetero) is 1. The topological polar surface area (TPSA) is 91.3 Å². The first-order valence-electron chi connectivity index (χ1n) is 12.4. The number of fused-ring (bicyclic) bond motifs is 1. The van der Waals surface area contributed by atoms with Crippen molar-refractivity contribution in [3.8, 4) is 5.75 Å². The summed E-state index contributed by atoms with van der Waals surface area (Å²) in [5.74, 6) is -3.87. The van der Waals surface area contributed by atoms with Crippen LogP contribution in [0.1, 0.15) is 50.2 Å². The number of para-hydroxylation sites is 1. The Labute approximate surface area is 225 Å². The third-order valence-electron chi connectivity index (χ3n) is 6.93. The number of ether oxygens (including phenoxy) is 3. The van der Waals surface area contributed by atoms with Crippen molar-refractivity contribution < 1.29 is 28.6 Å². The molecule has 1 heterocycles. The molecule has 0 bridgehead atoms. The van der Waals surface area contributed by atoms with Crippen molar-refractivity contribution in [3.05, 3.63) is 75.4 Å².